The number of amides is 2. The van der Waals surface area contributed by atoms with Crippen molar-refractivity contribution in [2.24, 2.45) is 5.73 Å². The van der Waals surface area contributed by atoms with Gasteiger partial charge in [-0.25, -0.2) is 0 Å². The average Bonchev–Trinajstić information content (AvgIpc) is 2.93. The van der Waals surface area contributed by atoms with Crippen molar-refractivity contribution in [1.82, 2.24) is 4.90 Å². The third-order valence-corrected chi connectivity index (χ3v) is 4.93. The maximum atomic E-state index is 13.1. The quantitative estimate of drug-likeness (QED) is 0.914. The van der Waals surface area contributed by atoms with Gasteiger partial charge in [-0.15, -0.1) is 0 Å². The van der Waals surface area contributed by atoms with Crippen molar-refractivity contribution in [2.45, 2.75) is 31.7 Å². The van der Waals surface area contributed by atoms with Gasteiger partial charge in [0.1, 0.15) is 5.75 Å². The van der Waals surface area contributed by atoms with Crippen molar-refractivity contribution < 1.29 is 14.3 Å². The highest BCUT2D eigenvalue weighted by atomic mass is 16.5. The molecule has 1 saturated heterocycles. The number of likely N-dealkylation sites (tertiary alicyclic amines) is 1. The number of primary amides is 1. The van der Waals surface area contributed by atoms with Crippen LogP contribution in [0.1, 0.15) is 58.0 Å². The molecule has 1 aliphatic heterocycles. The molecule has 0 aliphatic carbocycles. The SMILES string of the molecule is COc1ccc([C@H]2CCCCCN2C(=O)c2ccc(C(N)=O)cc2)cc1. The van der Waals surface area contributed by atoms with Gasteiger partial charge in [-0.1, -0.05) is 25.0 Å². The molecular weight excluding hydrogens is 328 g/mol. The number of carbonyl (C=O) groups excluding carboxylic acids is 2. The molecule has 5 heteroatoms. The van der Waals surface area contributed by atoms with Gasteiger partial charge < -0.3 is 15.4 Å². The zero-order valence-corrected chi connectivity index (χ0v) is 15.0. The molecule has 136 valence electrons. The number of benzene rings is 2. The fraction of sp³-hybridized carbons (Fsp3) is 0.333. The number of ether oxygens (including phenoxy) is 1. The Bertz CT molecular complexity index is 769. The van der Waals surface area contributed by atoms with Crippen molar-refractivity contribution in [2.75, 3.05) is 13.7 Å². The van der Waals surface area contributed by atoms with Gasteiger partial charge in [-0.3, -0.25) is 9.59 Å². The lowest BCUT2D eigenvalue weighted by molar-refractivity contribution is 0.0680. The molecule has 0 spiro atoms. The Balaban J connectivity index is 1.87. The lowest BCUT2D eigenvalue weighted by atomic mass is 9.99. The lowest BCUT2D eigenvalue weighted by Gasteiger charge is -2.30. The smallest absolute Gasteiger partial charge is 0.254 e. The zero-order valence-electron chi connectivity index (χ0n) is 15.0. The monoisotopic (exact) mass is 352 g/mol. The first-order valence-corrected chi connectivity index (χ1v) is 8.95. The van der Waals surface area contributed by atoms with Crippen LogP contribution in [0.15, 0.2) is 48.5 Å². The molecule has 1 atom stereocenters. The molecular formula is C21H24N2O3. The molecule has 1 fully saturated rings. The molecule has 0 saturated carbocycles. The highest BCUT2D eigenvalue weighted by molar-refractivity contribution is 5.97. The summed E-state index contributed by atoms with van der Waals surface area (Å²) in [6.07, 6.45) is 4.16. The second-order valence-electron chi connectivity index (χ2n) is 6.58. The van der Waals surface area contributed by atoms with E-state index in [1.54, 1.807) is 31.4 Å². The molecule has 2 aromatic rings. The number of rotatable bonds is 4. The lowest BCUT2D eigenvalue weighted by Crippen LogP contribution is -2.34. The number of hydrogen-bond donors (Lipinski definition) is 1. The van der Waals surface area contributed by atoms with E-state index in [1.807, 2.05) is 29.2 Å². The Kier molecular flexibility index (Phi) is 5.56. The van der Waals surface area contributed by atoms with Gasteiger partial charge in [0.15, 0.2) is 0 Å². The number of methoxy groups -OCH3 is 1. The summed E-state index contributed by atoms with van der Waals surface area (Å²) in [6.45, 7) is 0.729. The van der Waals surface area contributed by atoms with Crippen LogP contribution in [0.5, 0.6) is 5.75 Å². The van der Waals surface area contributed by atoms with Gasteiger partial charge in [0.2, 0.25) is 5.91 Å². The van der Waals surface area contributed by atoms with Crippen molar-refractivity contribution in [1.29, 1.82) is 0 Å². The van der Waals surface area contributed by atoms with Crippen LogP contribution < -0.4 is 10.5 Å². The second kappa shape index (κ2) is 8.04. The molecule has 1 heterocycles. The highest BCUT2D eigenvalue weighted by Crippen LogP contribution is 2.32. The van der Waals surface area contributed by atoms with Crippen LogP contribution in [0.4, 0.5) is 0 Å². The number of nitrogens with zero attached hydrogens (tertiary/aromatic N) is 1. The summed E-state index contributed by atoms with van der Waals surface area (Å²) < 4.78 is 5.24. The van der Waals surface area contributed by atoms with E-state index < -0.39 is 5.91 Å². The van der Waals surface area contributed by atoms with Crippen molar-refractivity contribution >= 4 is 11.8 Å². The van der Waals surface area contributed by atoms with Crippen LogP contribution in [0, 0.1) is 0 Å². The van der Waals surface area contributed by atoms with E-state index >= 15 is 0 Å². The first-order chi connectivity index (χ1) is 12.6. The first-order valence-electron chi connectivity index (χ1n) is 8.95. The summed E-state index contributed by atoms with van der Waals surface area (Å²) in [5, 5.41) is 0. The Hall–Kier alpha value is -2.82. The minimum absolute atomic E-state index is 0.0104. The summed E-state index contributed by atoms with van der Waals surface area (Å²) >= 11 is 0. The summed E-state index contributed by atoms with van der Waals surface area (Å²) in [6, 6.07) is 14.6. The van der Waals surface area contributed by atoms with Gasteiger partial charge in [0, 0.05) is 17.7 Å². The molecule has 2 N–H and O–H groups in total. The average molecular weight is 352 g/mol. The van der Waals surface area contributed by atoms with Crippen LogP contribution in [0.3, 0.4) is 0 Å². The molecule has 1 aliphatic rings. The van der Waals surface area contributed by atoms with E-state index in [0.717, 1.165) is 43.5 Å². The van der Waals surface area contributed by atoms with E-state index in [1.165, 1.54) is 0 Å². The van der Waals surface area contributed by atoms with E-state index in [9.17, 15) is 9.59 Å². The Morgan fingerprint density at radius 3 is 2.23 bits per heavy atom. The number of carbonyl (C=O) groups is 2. The van der Waals surface area contributed by atoms with Crippen LogP contribution >= 0.6 is 0 Å². The summed E-state index contributed by atoms with van der Waals surface area (Å²) in [5.41, 5.74) is 7.39. The summed E-state index contributed by atoms with van der Waals surface area (Å²) in [7, 11) is 1.65. The topological polar surface area (TPSA) is 72.6 Å². The minimum atomic E-state index is -0.491. The van der Waals surface area contributed by atoms with Crippen molar-refractivity contribution in [3.8, 4) is 5.75 Å². The van der Waals surface area contributed by atoms with Gasteiger partial charge >= 0.3 is 0 Å². The van der Waals surface area contributed by atoms with E-state index in [4.69, 9.17) is 10.5 Å². The molecule has 2 aromatic carbocycles. The second-order valence-corrected chi connectivity index (χ2v) is 6.58. The zero-order chi connectivity index (χ0) is 18.5. The molecule has 2 amide bonds. The molecule has 5 nitrogen and oxygen atoms in total. The van der Waals surface area contributed by atoms with E-state index in [0.29, 0.717) is 11.1 Å². The summed E-state index contributed by atoms with van der Waals surface area (Å²) in [4.78, 5) is 26.3. The van der Waals surface area contributed by atoms with Gasteiger partial charge in [-0.05, 0) is 54.8 Å². The standard InChI is InChI=1S/C21H24N2O3/c1-26-18-12-10-15(11-13-18)19-5-3-2-4-14-23(19)21(25)17-8-6-16(7-9-17)20(22)24/h6-13,19H,2-5,14H2,1H3,(H2,22,24)/t19-/m1/s1. The van der Waals surface area contributed by atoms with Gasteiger partial charge in [0.05, 0.1) is 13.2 Å². The predicted molar refractivity (Wildman–Crippen MR) is 100 cm³/mol. The van der Waals surface area contributed by atoms with E-state index in [-0.39, 0.29) is 11.9 Å². The fourth-order valence-electron chi connectivity index (χ4n) is 3.47. The first kappa shape index (κ1) is 18.0. The maximum absolute atomic E-state index is 13.1. The minimum Gasteiger partial charge on any atom is -0.497 e. The van der Waals surface area contributed by atoms with Crippen molar-refractivity contribution in [3.05, 3.63) is 65.2 Å². The van der Waals surface area contributed by atoms with Crippen LogP contribution in [0.2, 0.25) is 0 Å². The number of hydrogen-bond acceptors (Lipinski definition) is 3. The largest absolute Gasteiger partial charge is 0.497 e. The molecule has 3 rings (SSSR count). The third-order valence-electron chi connectivity index (χ3n) is 4.93. The maximum Gasteiger partial charge on any atom is 0.254 e. The molecule has 0 bridgehead atoms. The Labute approximate surface area is 153 Å². The van der Waals surface area contributed by atoms with Crippen LogP contribution in [-0.2, 0) is 0 Å². The van der Waals surface area contributed by atoms with Crippen LogP contribution in [-0.4, -0.2) is 30.4 Å². The van der Waals surface area contributed by atoms with Crippen molar-refractivity contribution in [3.63, 3.8) is 0 Å². The summed E-state index contributed by atoms with van der Waals surface area (Å²) in [5.74, 6) is 0.306. The van der Waals surface area contributed by atoms with Crippen LogP contribution in [0.25, 0.3) is 0 Å². The molecule has 0 unspecified atom stereocenters. The molecule has 0 radical (unpaired) electrons. The van der Waals surface area contributed by atoms with Gasteiger partial charge in [0.25, 0.3) is 5.91 Å². The fourth-order valence-corrected chi connectivity index (χ4v) is 3.47. The van der Waals surface area contributed by atoms with Gasteiger partial charge in [-0.2, -0.15) is 0 Å². The predicted octanol–water partition coefficient (Wildman–Crippen LogP) is 3.55. The molecule has 26 heavy (non-hydrogen) atoms. The Morgan fingerprint density at radius 1 is 0.962 bits per heavy atom. The number of nitrogens with two attached hydrogens (primary N) is 1. The van der Waals surface area contributed by atoms with E-state index in [2.05, 4.69) is 0 Å². The normalized spacial score (nSPS) is 17.4. The molecule has 0 aromatic heterocycles. The third kappa shape index (κ3) is 3.87. The Morgan fingerprint density at radius 2 is 1.62 bits per heavy atom. The highest BCUT2D eigenvalue weighted by Gasteiger charge is 2.27.